The molecule has 1 amide bonds. The lowest BCUT2D eigenvalue weighted by molar-refractivity contribution is -0.372. The largest absolute Gasteiger partial charge is 0.479 e. The van der Waals surface area contributed by atoms with Crippen LogP contribution < -0.4 is 5.48 Å². The van der Waals surface area contributed by atoms with Gasteiger partial charge < -0.3 is 10.2 Å². The van der Waals surface area contributed by atoms with E-state index < -0.39 is 23.4 Å². The molecule has 120 valence electrons. The Balaban J connectivity index is 2.69. The second kappa shape index (κ2) is 8.11. The van der Waals surface area contributed by atoms with Gasteiger partial charge in [-0.1, -0.05) is 31.5 Å². The molecule has 0 bridgehead atoms. The van der Waals surface area contributed by atoms with Crippen molar-refractivity contribution < 1.29 is 34.5 Å². The molecule has 1 aromatic carbocycles. The zero-order chi connectivity index (χ0) is 16.6. The van der Waals surface area contributed by atoms with E-state index in [1.807, 2.05) is 5.48 Å². The molecule has 0 fully saturated rings. The Morgan fingerprint density at radius 1 is 1.14 bits per heavy atom. The van der Waals surface area contributed by atoms with Crippen LogP contribution in [0.25, 0.3) is 0 Å². The Morgan fingerprint density at radius 2 is 1.73 bits per heavy atom. The van der Waals surface area contributed by atoms with E-state index in [1.54, 1.807) is 25.1 Å². The summed E-state index contributed by atoms with van der Waals surface area (Å²) < 4.78 is 0. The van der Waals surface area contributed by atoms with E-state index in [0.29, 0.717) is 12.8 Å². The third kappa shape index (κ3) is 4.27. The number of amides is 1. The van der Waals surface area contributed by atoms with Crippen molar-refractivity contribution in [3.63, 3.8) is 0 Å². The van der Waals surface area contributed by atoms with Crippen molar-refractivity contribution in [2.45, 2.75) is 31.8 Å². The molecule has 0 spiro atoms. The minimum Gasteiger partial charge on any atom is -0.479 e. The highest BCUT2D eigenvalue weighted by Gasteiger charge is 2.49. The highest BCUT2D eigenvalue weighted by atomic mass is 17.3. The Morgan fingerprint density at radius 3 is 2.23 bits per heavy atom. The Hall–Kier alpha value is -2.45. The summed E-state index contributed by atoms with van der Waals surface area (Å²) in [6, 6.07) is 7.94. The molecule has 0 saturated carbocycles. The van der Waals surface area contributed by atoms with Crippen molar-refractivity contribution >= 4 is 17.8 Å². The molecule has 0 radical (unpaired) electrons. The van der Waals surface area contributed by atoms with E-state index in [2.05, 4.69) is 9.88 Å². The van der Waals surface area contributed by atoms with Crippen LogP contribution in [0.1, 0.15) is 36.5 Å². The fourth-order valence-corrected chi connectivity index (χ4v) is 1.62. The number of carbonyl (C=O) groups is 3. The molecule has 0 saturated heterocycles. The number of carboxylic acid groups (broad SMARTS) is 2. The number of unbranched alkanes of at least 4 members (excludes halogenated alkanes) is 1. The molecule has 0 aliphatic rings. The van der Waals surface area contributed by atoms with Crippen LogP contribution in [0.15, 0.2) is 30.3 Å². The fraction of sp³-hybridized carbons (Fsp3) is 0.357. The molecule has 0 aromatic heterocycles. The maximum atomic E-state index is 11.7. The molecule has 22 heavy (non-hydrogen) atoms. The molecular formula is C14H17NO7. The van der Waals surface area contributed by atoms with E-state index in [9.17, 15) is 14.4 Å². The molecule has 0 heterocycles. The van der Waals surface area contributed by atoms with Gasteiger partial charge in [-0.15, -0.1) is 4.99 Å². The minimum atomic E-state index is -2.57. The lowest BCUT2D eigenvalue weighted by Crippen LogP contribution is -2.50. The first kappa shape index (κ1) is 17.6. The van der Waals surface area contributed by atoms with Crippen LogP contribution in [0.3, 0.4) is 0 Å². The monoisotopic (exact) mass is 311 g/mol. The number of carboxylic acids is 2. The molecule has 0 aliphatic carbocycles. The Kier molecular flexibility index (Phi) is 6.48. The van der Waals surface area contributed by atoms with Crippen LogP contribution in [0.5, 0.6) is 0 Å². The first-order chi connectivity index (χ1) is 10.4. The SMILES string of the molecule is CCCCC(OONC(=O)c1ccccc1)(C(=O)O)C(=O)O. The van der Waals surface area contributed by atoms with E-state index in [4.69, 9.17) is 10.2 Å². The van der Waals surface area contributed by atoms with Crippen molar-refractivity contribution in [3.05, 3.63) is 35.9 Å². The maximum Gasteiger partial charge on any atom is 0.351 e. The van der Waals surface area contributed by atoms with Crippen LogP contribution >= 0.6 is 0 Å². The predicted molar refractivity (Wildman–Crippen MR) is 73.6 cm³/mol. The Bertz CT molecular complexity index is 515. The summed E-state index contributed by atoms with van der Waals surface area (Å²) in [5, 5.41) is 18.2. The van der Waals surface area contributed by atoms with Crippen LogP contribution in [0.2, 0.25) is 0 Å². The number of benzene rings is 1. The van der Waals surface area contributed by atoms with Gasteiger partial charge in [0.05, 0.1) is 0 Å². The van der Waals surface area contributed by atoms with Crippen LogP contribution in [0.4, 0.5) is 0 Å². The summed E-state index contributed by atoms with van der Waals surface area (Å²) in [6.07, 6.45) is 0.575. The summed E-state index contributed by atoms with van der Waals surface area (Å²) in [5.74, 6) is -4.11. The third-order valence-electron chi connectivity index (χ3n) is 2.93. The van der Waals surface area contributed by atoms with Gasteiger partial charge in [-0.05, 0) is 18.6 Å². The van der Waals surface area contributed by atoms with Gasteiger partial charge >= 0.3 is 11.9 Å². The smallest absolute Gasteiger partial charge is 0.351 e. The van der Waals surface area contributed by atoms with Gasteiger partial charge in [0.25, 0.3) is 11.5 Å². The van der Waals surface area contributed by atoms with Crippen molar-refractivity contribution in [1.29, 1.82) is 0 Å². The van der Waals surface area contributed by atoms with Crippen LogP contribution in [-0.4, -0.2) is 33.7 Å². The topological polar surface area (TPSA) is 122 Å². The van der Waals surface area contributed by atoms with Gasteiger partial charge in [0, 0.05) is 12.0 Å². The number of hydrogen-bond donors (Lipinski definition) is 3. The van der Waals surface area contributed by atoms with Crippen molar-refractivity contribution in [3.8, 4) is 0 Å². The summed E-state index contributed by atoms with van der Waals surface area (Å²) in [5.41, 5.74) is -0.471. The molecule has 1 aromatic rings. The van der Waals surface area contributed by atoms with E-state index in [0.717, 1.165) is 0 Å². The average Bonchev–Trinajstić information content (AvgIpc) is 2.50. The van der Waals surface area contributed by atoms with Gasteiger partial charge in [-0.3, -0.25) is 4.79 Å². The number of rotatable bonds is 9. The first-order valence-electron chi connectivity index (χ1n) is 6.61. The zero-order valence-electron chi connectivity index (χ0n) is 11.9. The summed E-state index contributed by atoms with van der Waals surface area (Å²) in [6.45, 7) is 1.77. The van der Waals surface area contributed by atoms with Crippen molar-refractivity contribution in [1.82, 2.24) is 5.48 Å². The number of carbonyl (C=O) groups excluding carboxylic acids is 1. The van der Waals surface area contributed by atoms with Gasteiger partial charge in [-0.2, -0.15) is 10.4 Å². The first-order valence-corrected chi connectivity index (χ1v) is 6.61. The third-order valence-corrected chi connectivity index (χ3v) is 2.93. The molecule has 8 heteroatoms. The normalized spacial score (nSPS) is 11.0. The number of hydrogen-bond acceptors (Lipinski definition) is 5. The van der Waals surface area contributed by atoms with E-state index in [1.165, 1.54) is 12.1 Å². The summed E-state index contributed by atoms with van der Waals surface area (Å²) >= 11 is 0. The quantitative estimate of drug-likeness (QED) is 0.357. The van der Waals surface area contributed by atoms with Gasteiger partial charge in [-0.25, -0.2) is 9.59 Å². The second-order valence-electron chi connectivity index (χ2n) is 4.50. The number of hydroxylamine groups is 1. The summed E-state index contributed by atoms with van der Waals surface area (Å²) in [7, 11) is 0. The van der Waals surface area contributed by atoms with Gasteiger partial charge in [0.15, 0.2) is 0 Å². The summed E-state index contributed by atoms with van der Waals surface area (Å²) in [4.78, 5) is 43.0. The Labute approximate surface area is 126 Å². The highest BCUT2D eigenvalue weighted by molar-refractivity contribution is 6.01. The van der Waals surface area contributed by atoms with Crippen LogP contribution in [0, 0.1) is 0 Å². The average molecular weight is 311 g/mol. The van der Waals surface area contributed by atoms with Gasteiger partial charge in [0.1, 0.15) is 0 Å². The molecule has 0 aliphatic heterocycles. The highest BCUT2D eigenvalue weighted by Crippen LogP contribution is 2.21. The molecule has 0 unspecified atom stereocenters. The maximum absolute atomic E-state index is 11.7. The van der Waals surface area contributed by atoms with Crippen LogP contribution in [-0.2, 0) is 19.5 Å². The number of nitrogens with one attached hydrogen (secondary N) is 1. The molecule has 0 atom stereocenters. The van der Waals surface area contributed by atoms with E-state index in [-0.39, 0.29) is 12.0 Å². The van der Waals surface area contributed by atoms with Crippen molar-refractivity contribution in [2.24, 2.45) is 0 Å². The fourth-order valence-electron chi connectivity index (χ4n) is 1.62. The molecule has 8 nitrogen and oxygen atoms in total. The standard InChI is InChI=1S/C14H17NO7/c1-2-3-9-14(12(17)18,13(19)20)21-22-15-11(16)10-7-5-4-6-8-10/h4-8H,2-3,9H2,1H3,(H,15,16)(H,17,18)(H,19,20). The lowest BCUT2D eigenvalue weighted by atomic mass is 9.97. The van der Waals surface area contributed by atoms with E-state index >= 15 is 0 Å². The zero-order valence-corrected chi connectivity index (χ0v) is 11.9. The van der Waals surface area contributed by atoms with Crippen molar-refractivity contribution in [2.75, 3.05) is 0 Å². The molecular weight excluding hydrogens is 294 g/mol. The minimum absolute atomic E-state index is 0.246. The molecule has 1 rings (SSSR count). The number of aliphatic carboxylic acids is 2. The predicted octanol–water partition coefficient (Wildman–Crippen LogP) is 1.38. The lowest BCUT2D eigenvalue weighted by Gasteiger charge is -2.22. The second-order valence-corrected chi connectivity index (χ2v) is 4.50. The van der Waals surface area contributed by atoms with Gasteiger partial charge in [0.2, 0.25) is 0 Å². The molecule has 3 N–H and O–H groups in total.